The molecule has 2 aliphatic rings. The maximum atomic E-state index is 5.84. The van der Waals surface area contributed by atoms with Gasteiger partial charge in [-0.15, -0.1) is 0 Å². The molecule has 0 saturated carbocycles. The van der Waals surface area contributed by atoms with Gasteiger partial charge in [0.2, 0.25) is 0 Å². The average molecular weight is 407 g/mol. The van der Waals surface area contributed by atoms with E-state index in [9.17, 15) is 0 Å². The van der Waals surface area contributed by atoms with Crippen LogP contribution in [-0.4, -0.2) is 66.3 Å². The lowest BCUT2D eigenvalue weighted by Gasteiger charge is -2.25. The number of nitrogens with zero attached hydrogens (tertiary/aromatic N) is 4. The van der Waals surface area contributed by atoms with Crippen LogP contribution in [0.5, 0.6) is 0 Å². The smallest absolute Gasteiger partial charge is 0.191 e. The van der Waals surface area contributed by atoms with Crippen molar-refractivity contribution < 1.29 is 9.47 Å². The molecule has 0 aromatic carbocycles. The highest BCUT2D eigenvalue weighted by molar-refractivity contribution is 5.80. The number of ether oxygens (including phenoxy) is 2. The summed E-state index contributed by atoms with van der Waals surface area (Å²) in [4.78, 5) is 9.40. The van der Waals surface area contributed by atoms with E-state index in [1.54, 1.807) is 0 Å². The van der Waals surface area contributed by atoms with Gasteiger partial charge in [-0.3, -0.25) is 4.99 Å². The first-order valence-corrected chi connectivity index (χ1v) is 11.3. The molecule has 1 atom stereocenters. The predicted molar refractivity (Wildman–Crippen MR) is 114 cm³/mol. The molecule has 0 aliphatic carbocycles. The van der Waals surface area contributed by atoms with E-state index in [-0.39, 0.29) is 0 Å². The molecule has 0 radical (unpaired) electrons. The van der Waals surface area contributed by atoms with Crippen LogP contribution in [0.4, 0.5) is 0 Å². The first-order chi connectivity index (χ1) is 14.2. The molecule has 2 aliphatic heterocycles. The first-order valence-electron chi connectivity index (χ1n) is 11.3. The highest BCUT2D eigenvalue weighted by Crippen LogP contribution is 2.17. The summed E-state index contributed by atoms with van der Waals surface area (Å²) in [5.74, 6) is 3.97. The van der Waals surface area contributed by atoms with E-state index in [4.69, 9.17) is 14.5 Å². The number of fused-ring (bicyclic) bond motifs is 1. The summed E-state index contributed by atoms with van der Waals surface area (Å²) >= 11 is 0. The molecule has 0 spiro atoms. The molecule has 8 heteroatoms. The highest BCUT2D eigenvalue weighted by atomic mass is 16.5. The van der Waals surface area contributed by atoms with Gasteiger partial charge in [-0.1, -0.05) is 13.8 Å². The van der Waals surface area contributed by atoms with Crippen molar-refractivity contribution in [2.24, 2.45) is 10.9 Å². The van der Waals surface area contributed by atoms with Crippen LogP contribution in [-0.2, 0) is 22.4 Å². The SMILES string of the molecule is CCNC(=NCCCOCC1CCOCC1)NC1CCc2nc(C(C)C)nn2C1. The molecule has 3 rings (SSSR count). The van der Waals surface area contributed by atoms with Crippen LogP contribution in [0, 0.1) is 5.92 Å². The second-order valence-corrected chi connectivity index (χ2v) is 8.35. The van der Waals surface area contributed by atoms with Crippen molar-refractivity contribution in [3.63, 3.8) is 0 Å². The van der Waals surface area contributed by atoms with Crippen molar-refractivity contribution in [2.45, 2.75) is 71.4 Å². The molecule has 3 heterocycles. The van der Waals surface area contributed by atoms with Crippen molar-refractivity contribution in [3.05, 3.63) is 11.6 Å². The summed E-state index contributed by atoms with van der Waals surface area (Å²) < 4.78 is 13.3. The van der Waals surface area contributed by atoms with Crippen molar-refractivity contribution >= 4 is 5.96 Å². The van der Waals surface area contributed by atoms with E-state index in [0.717, 1.165) is 95.8 Å². The summed E-state index contributed by atoms with van der Waals surface area (Å²) in [6.07, 6.45) is 5.20. The molecule has 0 amide bonds. The first kappa shape index (κ1) is 22.0. The van der Waals surface area contributed by atoms with Crippen molar-refractivity contribution in [1.82, 2.24) is 25.4 Å². The number of nitrogens with one attached hydrogen (secondary N) is 2. The van der Waals surface area contributed by atoms with Gasteiger partial charge in [-0.2, -0.15) is 5.10 Å². The number of rotatable bonds is 9. The fourth-order valence-corrected chi connectivity index (χ4v) is 3.72. The van der Waals surface area contributed by atoms with Crippen LogP contribution in [0.2, 0.25) is 0 Å². The third kappa shape index (κ3) is 6.96. The Kier molecular flexibility index (Phi) is 8.73. The second kappa shape index (κ2) is 11.5. The zero-order chi connectivity index (χ0) is 20.5. The van der Waals surface area contributed by atoms with Gasteiger partial charge in [0, 0.05) is 57.9 Å². The van der Waals surface area contributed by atoms with Crippen LogP contribution in [0.25, 0.3) is 0 Å². The summed E-state index contributed by atoms with van der Waals surface area (Å²) in [5.41, 5.74) is 0. The molecule has 164 valence electrons. The van der Waals surface area contributed by atoms with E-state index in [0.29, 0.717) is 17.9 Å². The van der Waals surface area contributed by atoms with Gasteiger partial charge >= 0.3 is 0 Å². The van der Waals surface area contributed by atoms with Crippen LogP contribution in [0.3, 0.4) is 0 Å². The Labute approximate surface area is 174 Å². The quantitative estimate of drug-likeness (QED) is 0.371. The molecule has 1 fully saturated rings. The van der Waals surface area contributed by atoms with Gasteiger partial charge < -0.3 is 20.1 Å². The van der Waals surface area contributed by atoms with Gasteiger partial charge in [-0.25, -0.2) is 9.67 Å². The largest absolute Gasteiger partial charge is 0.381 e. The van der Waals surface area contributed by atoms with E-state index in [1.807, 2.05) is 0 Å². The lowest BCUT2D eigenvalue weighted by Crippen LogP contribution is -2.47. The maximum Gasteiger partial charge on any atom is 0.191 e. The van der Waals surface area contributed by atoms with Crippen molar-refractivity contribution in [2.75, 3.05) is 39.5 Å². The van der Waals surface area contributed by atoms with Gasteiger partial charge in [0.15, 0.2) is 11.8 Å². The zero-order valence-corrected chi connectivity index (χ0v) is 18.3. The minimum Gasteiger partial charge on any atom is -0.381 e. The molecule has 1 unspecified atom stereocenters. The number of aromatic nitrogens is 3. The van der Waals surface area contributed by atoms with Crippen LogP contribution in [0.15, 0.2) is 4.99 Å². The molecular weight excluding hydrogens is 368 g/mol. The topological polar surface area (TPSA) is 85.6 Å². The van der Waals surface area contributed by atoms with Crippen LogP contribution < -0.4 is 10.6 Å². The summed E-state index contributed by atoms with van der Waals surface area (Å²) in [5, 5.41) is 11.6. The normalized spacial score (nSPS) is 20.7. The molecular formula is C21H38N6O2. The van der Waals surface area contributed by atoms with Crippen LogP contribution >= 0.6 is 0 Å². The lowest BCUT2D eigenvalue weighted by molar-refractivity contribution is 0.0205. The van der Waals surface area contributed by atoms with E-state index in [2.05, 4.69) is 46.2 Å². The van der Waals surface area contributed by atoms with Gasteiger partial charge in [0.1, 0.15) is 5.82 Å². The number of guanidine groups is 1. The fraction of sp³-hybridized carbons (Fsp3) is 0.857. The number of hydrogen-bond donors (Lipinski definition) is 2. The zero-order valence-electron chi connectivity index (χ0n) is 18.3. The summed E-state index contributed by atoms with van der Waals surface area (Å²) in [6, 6.07) is 0.326. The molecule has 0 bridgehead atoms. The standard InChI is InChI=1S/C21H38N6O2/c1-4-22-21(23-10-5-11-29-15-17-8-12-28-13-9-17)24-18-6-7-19-25-20(16(2)3)26-27(19)14-18/h16-18H,4-15H2,1-3H3,(H2,22,23,24). The Morgan fingerprint density at radius 3 is 2.90 bits per heavy atom. The van der Waals surface area contributed by atoms with Crippen molar-refractivity contribution in [3.8, 4) is 0 Å². The molecule has 1 saturated heterocycles. The van der Waals surface area contributed by atoms with Gasteiger partial charge in [-0.05, 0) is 38.5 Å². The van der Waals surface area contributed by atoms with Crippen LogP contribution in [0.1, 0.15) is 64.0 Å². The average Bonchev–Trinajstić information content (AvgIpc) is 3.15. The summed E-state index contributed by atoms with van der Waals surface area (Å²) in [6.45, 7) is 12.2. The third-order valence-electron chi connectivity index (χ3n) is 5.49. The van der Waals surface area contributed by atoms with E-state index < -0.39 is 0 Å². The Balaban J connectivity index is 1.39. The molecule has 1 aromatic rings. The van der Waals surface area contributed by atoms with E-state index >= 15 is 0 Å². The van der Waals surface area contributed by atoms with Crippen molar-refractivity contribution in [1.29, 1.82) is 0 Å². The Morgan fingerprint density at radius 1 is 1.31 bits per heavy atom. The second-order valence-electron chi connectivity index (χ2n) is 8.35. The monoisotopic (exact) mass is 406 g/mol. The highest BCUT2D eigenvalue weighted by Gasteiger charge is 2.23. The Hall–Kier alpha value is -1.67. The molecule has 2 N–H and O–H groups in total. The molecule has 8 nitrogen and oxygen atoms in total. The minimum atomic E-state index is 0.326. The predicted octanol–water partition coefficient (Wildman–Crippen LogP) is 2.10. The summed E-state index contributed by atoms with van der Waals surface area (Å²) in [7, 11) is 0. The third-order valence-corrected chi connectivity index (χ3v) is 5.49. The molecule has 29 heavy (non-hydrogen) atoms. The Morgan fingerprint density at radius 2 is 2.14 bits per heavy atom. The lowest BCUT2D eigenvalue weighted by atomic mass is 10.0. The Bertz CT molecular complexity index is 639. The van der Waals surface area contributed by atoms with E-state index in [1.165, 1.54) is 0 Å². The van der Waals surface area contributed by atoms with Gasteiger partial charge in [0.05, 0.1) is 6.54 Å². The molecule has 1 aromatic heterocycles. The van der Waals surface area contributed by atoms with Gasteiger partial charge in [0.25, 0.3) is 0 Å². The number of aliphatic imine (C=N–C) groups is 1. The fourth-order valence-electron chi connectivity index (χ4n) is 3.72. The minimum absolute atomic E-state index is 0.326. The maximum absolute atomic E-state index is 5.84. The number of aryl methyl sites for hydroxylation is 1. The number of hydrogen-bond acceptors (Lipinski definition) is 5.